The first-order valence-corrected chi connectivity index (χ1v) is 7.44. The molecule has 0 amide bonds. The summed E-state index contributed by atoms with van der Waals surface area (Å²) in [4.78, 5) is 11.6. The largest absolute Gasteiger partial charge is 0.481 e. The number of carbonyl (C=O) groups is 1. The minimum absolute atomic E-state index is 0.0941. The Morgan fingerprint density at radius 2 is 2.06 bits per heavy atom. The third-order valence-electron chi connectivity index (χ3n) is 4.77. The number of hydrogen-bond donors (Lipinski definition) is 1. The topological polar surface area (TPSA) is 37.3 Å². The SMILES string of the molecule is O=C(O)C1CCc2ccc(Br)cc2C12CCCC2. The second-order valence-corrected chi connectivity index (χ2v) is 6.51. The molecule has 0 bridgehead atoms. The Morgan fingerprint density at radius 3 is 2.72 bits per heavy atom. The first-order valence-electron chi connectivity index (χ1n) is 6.65. The first kappa shape index (κ1) is 12.2. The van der Waals surface area contributed by atoms with Gasteiger partial charge < -0.3 is 5.11 Å². The van der Waals surface area contributed by atoms with Crippen LogP contribution < -0.4 is 0 Å². The third-order valence-corrected chi connectivity index (χ3v) is 5.26. The molecule has 1 unspecified atom stereocenters. The molecule has 1 N–H and O–H groups in total. The highest BCUT2D eigenvalue weighted by molar-refractivity contribution is 9.10. The van der Waals surface area contributed by atoms with Crippen molar-refractivity contribution in [2.75, 3.05) is 0 Å². The Morgan fingerprint density at radius 1 is 1.33 bits per heavy atom. The Kier molecular flexibility index (Phi) is 2.97. The van der Waals surface area contributed by atoms with Crippen LogP contribution in [0.2, 0.25) is 0 Å². The lowest BCUT2D eigenvalue weighted by Crippen LogP contribution is -2.41. The number of carboxylic acids is 1. The van der Waals surface area contributed by atoms with E-state index < -0.39 is 5.97 Å². The lowest BCUT2D eigenvalue weighted by molar-refractivity contribution is -0.145. The fourth-order valence-corrected chi connectivity index (χ4v) is 4.34. The van der Waals surface area contributed by atoms with E-state index in [1.807, 2.05) is 0 Å². The van der Waals surface area contributed by atoms with E-state index >= 15 is 0 Å². The molecule has 1 aromatic carbocycles. The second kappa shape index (κ2) is 4.37. The number of rotatable bonds is 1. The van der Waals surface area contributed by atoms with E-state index in [4.69, 9.17) is 0 Å². The van der Waals surface area contributed by atoms with Gasteiger partial charge in [0.1, 0.15) is 0 Å². The minimum atomic E-state index is -0.609. The van der Waals surface area contributed by atoms with Crippen LogP contribution in [-0.2, 0) is 16.6 Å². The summed E-state index contributed by atoms with van der Waals surface area (Å²) in [6.07, 6.45) is 6.09. The molecule has 2 aliphatic rings. The van der Waals surface area contributed by atoms with Crippen molar-refractivity contribution >= 4 is 21.9 Å². The molecule has 0 aromatic heterocycles. The van der Waals surface area contributed by atoms with E-state index in [2.05, 4.69) is 34.1 Å². The Bertz CT molecular complexity index is 489. The van der Waals surface area contributed by atoms with Crippen LogP contribution >= 0.6 is 15.9 Å². The highest BCUT2D eigenvalue weighted by Crippen LogP contribution is 2.52. The van der Waals surface area contributed by atoms with Crippen LogP contribution in [0.25, 0.3) is 0 Å². The standard InChI is InChI=1S/C15H17BrO2/c16-11-5-3-10-4-6-12(14(17)18)15(13(10)9-11)7-1-2-8-15/h3,5,9,12H,1-2,4,6-8H2,(H,17,18). The van der Waals surface area contributed by atoms with Crippen LogP contribution in [0.15, 0.2) is 22.7 Å². The van der Waals surface area contributed by atoms with E-state index in [0.717, 1.165) is 43.0 Å². The number of halogens is 1. The number of hydrogen-bond acceptors (Lipinski definition) is 1. The molecular weight excluding hydrogens is 292 g/mol. The van der Waals surface area contributed by atoms with E-state index in [9.17, 15) is 9.90 Å². The summed E-state index contributed by atoms with van der Waals surface area (Å²) in [6, 6.07) is 6.40. The van der Waals surface area contributed by atoms with Crippen molar-refractivity contribution in [1.82, 2.24) is 0 Å². The average molecular weight is 309 g/mol. The highest BCUT2D eigenvalue weighted by atomic mass is 79.9. The molecule has 1 aromatic rings. The van der Waals surface area contributed by atoms with Crippen LogP contribution in [0.4, 0.5) is 0 Å². The van der Waals surface area contributed by atoms with Crippen molar-refractivity contribution in [3.63, 3.8) is 0 Å². The van der Waals surface area contributed by atoms with Crippen molar-refractivity contribution in [3.8, 4) is 0 Å². The zero-order valence-corrected chi connectivity index (χ0v) is 11.9. The smallest absolute Gasteiger partial charge is 0.307 e. The lowest BCUT2D eigenvalue weighted by Gasteiger charge is -2.41. The van der Waals surface area contributed by atoms with E-state index in [1.165, 1.54) is 11.1 Å². The fraction of sp³-hybridized carbons (Fsp3) is 0.533. The molecule has 3 rings (SSSR count). The van der Waals surface area contributed by atoms with E-state index in [0.29, 0.717) is 0 Å². The highest BCUT2D eigenvalue weighted by Gasteiger charge is 2.49. The van der Waals surface area contributed by atoms with Gasteiger partial charge in [0.15, 0.2) is 0 Å². The first-order chi connectivity index (χ1) is 8.63. The van der Waals surface area contributed by atoms with Gasteiger partial charge in [-0.25, -0.2) is 0 Å². The number of carboxylic acid groups (broad SMARTS) is 1. The molecule has 0 aliphatic heterocycles. The van der Waals surface area contributed by atoms with Crippen molar-refractivity contribution in [2.45, 2.75) is 43.9 Å². The predicted molar refractivity (Wildman–Crippen MR) is 73.7 cm³/mol. The summed E-state index contributed by atoms with van der Waals surface area (Å²) < 4.78 is 1.07. The molecule has 2 nitrogen and oxygen atoms in total. The summed E-state index contributed by atoms with van der Waals surface area (Å²) >= 11 is 3.53. The van der Waals surface area contributed by atoms with Gasteiger partial charge in [0.05, 0.1) is 5.92 Å². The molecule has 1 fully saturated rings. The maximum absolute atomic E-state index is 11.6. The van der Waals surface area contributed by atoms with Crippen LogP contribution in [0.1, 0.15) is 43.2 Å². The van der Waals surface area contributed by atoms with Gasteiger partial charge in [-0.2, -0.15) is 0 Å². The van der Waals surface area contributed by atoms with Gasteiger partial charge in [-0.05, 0) is 48.9 Å². The van der Waals surface area contributed by atoms with Crippen LogP contribution in [0.5, 0.6) is 0 Å². The van der Waals surface area contributed by atoms with E-state index in [1.54, 1.807) is 0 Å². The van der Waals surface area contributed by atoms with Gasteiger partial charge in [-0.3, -0.25) is 4.79 Å². The zero-order chi connectivity index (χ0) is 12.8. The summed E-state index contributed by atoms with van der Waals surface area (Å²) in [5.74, 6) is -0.802. The van der Waals surface area contributed by atoms with Crippen molar-refractivity contribution in [3.05, 3.63) is 33.8 Å². The molecule has 18 heavy (non-hydrogen) atoms. The van der Waals surface area contributed by atoms with Gasteiger partial charge in [-0.1, -0.05) is 34.8 Å². The monoisotopic (exact) mass is 308 g/mol. The fourth-order valence-electron chi connectivity index (χ4n) is 3.98. The summed E-state index contributed by atoms with van der Waals surface area (Å²) in [5.41, 5.74) is 2.56. The molecule has 1 spiro atoms. The summed E-state index contributed by atoms with van der Waals surface area (Å²) in [5, 5.41) is 9.55. The number of aryl methyl sites for hydroxylation is 1. The normalized spacial score (nSPS) is 25.1. The van der Waals surface area contributed by atoms with Crippen LogP contribution in [0.3, 0.4) is 0 Å². The molecule has 0 heterocycles. The van der Waals surface area contributed by atoms with Gasteiger partial charge in [0.2, 0.25) is 0 Å². The maximum Gasteiger partial charge on any atom is 0.307 e. The lowest BCUT2D eigenvalue weighted by atomic mass is 9.62. The van der Waals surface area contributed by atoms with Gasteiger partial charge in [0.25, 0.3) is 0 Å². The summed E-state index contributed by atoms with van der Waals surface area (Å²) in [6.45, 7) is 0. The van der Waals surface area contributed by atoms with Crippen LogP contribution in [0, 0.1) is 5.92 Å². The third kappa shape index (κ3) is 1.71. The van der Waals surface area contributed by atoms with Gasteiger partial charge in [0, 0.05) is 9.89 Å². The Hall–Kier alpha value is -0.830. The average Bonchev–Trinajstić information content (AvgIpc) is 2.80. The molecule has 96 valence electrons. The number of aliphatic carboxylic acids is 1. The minimum Gasteiger partial charge on any atom is -0.481 e. The van der Waals surface area contributed by atoms with E-state index in [-0.39, 0.29) is 11.3 Å². The zero-order valence-electron chi connectivity index (χ0n) is 10.3. The van der Waals surface area contributed by atoms with Crippen molar-refractivity contribution in [2.24, 2.45) is 5.92 Å². The Labute approximate surface area is 116 Å². The molecule has 3 heteroatoms. The number of fused-ring (bicyclic) bond motifs is 2. The molecular formula is C15H17BrO2. The molecule has 0 radical (unpaired) electrons. The number of benzene rings is 1. The van der Waals surface area contributed by atoms with Crippen molar-refractivity contribution < 1.29 is 9.90 Å². The molecule has 1 saturated carbocycles. The summed E-state index contributed by atoms with van der Waals surface area (Å²) in [7, 11) is 0. The second-order valence-electron chi connectivity index (χ2n) is 5.59. The van der Waals surface area contributed by atoms with Crippen molar-refractivity contribution in [1.29, 1.82) is 0 Å². The molecule has 0 saturated heterocycles. The molecule has 1 atom stereocenters. The Balaban J connectivity index is 2.15. The molecule has 2 aliphatic carbocycles. The maximum atomic E-state index is 11.6. The van der Waals surface area contributed by atoms with Crippen LogP contribution in [-0.4, -0.2) is 11.1 Å². The predicted octanol–water partition coefficient (Wildman–Crippen LogP) is 3.91. The quantitative estimate of drug-likeness (QED) is 0.854. The van der Waals surface area contributed by atoms with Gasteiger partial charge in [-0.15, -0.1) is 0 Å². The van der Waals surface area contributed by atoms with Gasteiger partial charge >= 0.3 is 5.97 Å².